The van der Waals surface area contributed by atoms with Crippen LogP contribution in [0, 0.1) is 0 Å². The van der Waals surface area contributed by atoms with Crippen molar-refractivity contribution in [3.05, 3.63) is 35.9 Å². The van der Waals surface area contributed by atoms with Crippen LogP contribution in [0.25, 0.3) is 0 Å². The lowest BCUT2D eigenvalue weighted by molar-refractivity contribution is 0.554. The fourth-order valence-corrected chi connectivity index (χ4v) is 3.40. The smallest absolute Gasteiger partial charge is 0.211 e. The van der Waals surface area contributed by atoms with Crippen molar-refractivity contribution in [3.63, 3.8) is 0 Å². The Labute approximate surface area is 123 Å². The number of hydrogen-bond donors (Lipinski definition) is 2. The van der Waals surface area contributed by atoms with E-state index in [0.717, 1.165) is 25.1 Å². The van der Waals surface area contributed by atoms with Crippen LogP contribution in [0.3, 0.4) is 0 Å². The van der Waals surface area contributed by atoms with Gasteiger partial charge in [0.15, 0.2) is 0 Å². The van der Waals surface area contributed by atoms with Gasteiger partial charge in [0.1, 0.15) is 0 Å². The fourth-order valence-electron chi connectivity index (χ4n) is 2.06. The maximum atomic E-state index is 11.9. The number of hydrogen-bond acceptors (Lipinski definition) is 3. The molecule has 0 amide bonds. The van der Waals surface area contributed by atoms with Crippen LogP contribution in [0.2, 0.25) is 0 Å². The van der Waals surface area contributed by atoms with Crippen LogP contribution in [0.5, 0.6) is 0 Å². The molecule has 0 fully saturated rings. The Hall–Kier alpha value is -0.910. The topological polar surface area (TPSA) is 58.2 Å². The molecule has 0 saturated carbocycles. The minimum absolute atomic E-state index is 0.0778. The van der Waals surface area contributed by atoms with Crippen LogP contribution in [0.1, 0.15) is 32.3 Å². The molecular formula is C15H26N2O2S. The molecule has 0 spiro atoms. The average Bonchev–Trinajstić information content (AvgIpc) is 2.38. The first-order valence-corrected chi connectivity index (χ1v) is 8.93. The van der Waals surface area contributed by atoms with E-state index in [0.29, 0.717) is 12.8 Å². The average molecular weight is 298 g/mol. The van der Waals surface area contributed by atoms with E-state index >= 15 is 0 Å². The van der Waals surface area contributed by atoms with Crippen molar-refractivity contribution in [1.29, 1.82) is 0 Å². The summed E-state index contributed by atoms with van der Waals surface area (Å²) in [5.41, 5.74) is 1.15. The van der Waals surface area contributed by atoms with E-state index in [4.69, 9.17) is 0 Å². The van der Waals surface area contributed by atoms with Crippen molar-refractivity contribution in [2.45, 2.75) is 39.2 Å². The monoisotopic (exact) mass is 298 g/mol. The Morgan fingerprint density at radius 3 is 2.50 bits per heavy atom. The zero-order chi connectivity index (χ0) is 14.8. The summed E-state index contributed by atoms with van der Waals surface area (Å²) in [6.45, 7) is 5.69. The van der Waals surface area contributed by atoms with Gasteiger partial charge in [-0.15, -0.1) is 0 Å². The number of nitrogens with one attached hydrogen (secondary N) is 2. The minimum atomic E-state index is -3.18. The number of sulfonamides is 1. The number of rotatable bonds is 10. The molecule has 1 atom stereocenters. The number of benzene rings is 1. The van der Waals surface area contributed by atoms with Gasteiger partial charge in [-0.2, -0.15) is 0 Å². The van der Waals surface area contributed by atoms with E-state index in [1.165, 1.54) is 0 Å². The van der Waals surface area contributed by atoms with Gasteiger partial charge >= 0.3 is 0 Å². The normalized spacial score (nSPS) is 13.3. The Kier molecular flexibility index (Phi) is 7.80. The first-order valence-electron chi connectivity index (χ1n) is 7.28. The third kappa shape index (κ3) is 7.62. The predicted molar refractivity (Wildman–Crippen MR) is 84.3 cm³/mol. The Morgan fingerprint density at radius 2 is 1.85 bits per heavy atom. The Morgan fingerprint density at radius 1 is 1.15 bits per heavy atom. The van der Waals surface area contributed by atoms with Gasteiger partial charge < -0.3 is 5.32 Å². The molecule has 0 saturated heterocycles. The van der Waals surface area contributed by atoms with Crippen LogP contribution in [0.4, 0.5) is 0 Å². The maximum absolute atomic E-state index is 11.9. The highest BCUT2D eigenvalue weighted by molar-refractivity contribution is 7.89. The maximum Gasteiger partial charge on any atom is 0.211 e. The molecule has 0 radical (unpaired) electrons. The third-order valence-electron chi connectivity index (χ3n) is 2.96. The molecule has 5 heteroatoms. The molecule has 0 heterocycles. The summed E-state index contributed by atoms with van der Waals surface area (Å²) >= 11 is 0. The van der Waals surface area contributed by atoms with Gasteiger partial charge in [0.05, 0.1) is 5.75 Å². The lowest BCUT2D eigenvalue weighted by Crippen LogP contribution is -2.36. The van der Waals surface area contributed by atoms with Gasteiger partial charge in [0.25, 0.3) is 0 Å². The van der Waals surface area contributed by atoms with E-state index in [9.17, 15) is 8.42 Å². The van der Waals surface area contributed by atoms with Crippen LogP contribution in [-0.2, 0) is 16.4 Å². The third-order valence-corrected chi connectivity index (χ3v) is 4.55. The predicted octanol–water partition coefficient (Wildman–Crippen LogP) is 1.93. The zero-order valence-electron chi connectivity index (χ0n) is 12.4. The van der Waals surface area contributed by atoms with Crippen molar-refractivity contribution in [2.24, 2.45) is 0 Å². The molecule has 1 unspecified atom stereocenters. The second kappa shape index (κ2) is 9.10. The summed E-state index contributed by atoms with van der Waals surface area (Å²) in [6.07, 6.45) is 2.43. The van der Waals surface area contributed by atoms with Crippen molar-refractivity contribution < 1.29 is 8.42 Å². The zero-order valence-corrected chi connectivity index (χ0v) is 13.2. The molecule has 0 aliphatic heterocycles. The molecule has 4 nitrogen and oxygen atoms in total. The molecule has 1 aromatic carbocycles. The fraction of sp³-hybridized carbons (Fsp3) is 0.600. The molecule has 2 N–H and O–H groups in total. The molecule has 20 heavy (non-hydrogen) atoms. The minimum Gasteiger partial charge on any atom is -0.317 e. The summed E-state index contributed by atoms with van der Waals surface area (Å²) in [4.78, 5) is 0. The van der Waals surface area contributed by atoms with E-state index in [1.807, 2.05) is 37.3 Å². The lowest BCUT2D eigenvalue weighted by Gasteiger charge is -2.14. The van der Waals surface area contributed by atoms with Gasteiger partial charge in [-0.25, -0.2) is 13.1 Å². The van der Waals surface area contributed by atoms with Gasteiger partial charge in [-0.1, -0.05) is 37.3 Å². The van der Waals surface area contributed by atoms with E-state index in [2.05, 4.69) is 17.0 Å². The van der Waals surface area contributed by atoms with Gasteiger partial charge in [0, 0.05) is 6.04 Å². The van der Waals surface area contributed by atoms with E-state index in [-0.39, 0.29) is 11.8 Å². The summed E-state index contributed by atoms with van der Waals surface area (Å²) in [5, 5.41) is 3.21. The molecule has 0 bridgehead atoms. The van der Waals surface area contributed by atoms with Crippen molar-refractivity contribution in [2.75, 3.05) is 18.8 Å². The SMILES string of the molecule is CCCNCCCS(=O)(=O)NC(C)Cc1ccccc1. The molecule has 1 aromatic rings. The molecular weight excluding hydrogens is 272 g/mol. The van der Waals surface area contributed by atoms with Gasteiger partial charge in [-0.05, 0) is 44.8 Å². The van der Waals surface area contributed by atoms with Crippen molar-refractivity contribution in [3.8, 4) is 0 Å². The second-order valence-corrected chi connectivity index (χ2v) is 7.00. The highest BCUT2D eigenvalue weighted by Gasteiger charge is 2.14. The summed E-state index contributed by atoms with van der Waals surface area (Å²) < 4.78 is 26.6. The van der Waals surface area contributed by atoms with Gasteiger partial charge in [0.2, 0.25) is 10.0 Å². The largest absolute Gasteiger partial charge is 0.317 e. The molecule has 0 aromatic heterocycles. The van der Waals surface area contributed by atoms with Crippen molar-refractivity contribution in [1.82, 2.24) is 10.0 Å². The lowest BCUT2D eigenvalue weighted by atomic mass is 10.1. The standard InChI is InChI=1S/C15H26N2O2S/c1-3-10-16-11-7-12-20(18,19)17-14(2)13-15-8-5-4-6-9-15/h4-6,8-9,14,16-17H,3,7,10-13H2,1-2H3. The van der Waals surface area contributed by atoms with Gasteiger partial charge in [-0.3, -0.25) is 0 Å². The Bertz CT molecular complexity index is 460. The molecule has 114 valence electrons. The Balaban J connectivity index is 2.30. The highest BCUT2D eigenvalue weighted by atomic mass is 32.2. The highest BCUT2D eigenvalue weighted by Crippen LogP contribution is 2.04. The van der Waals surface area contributed by atoms with Crippen LogP contribution in [0.15, 0.2) is 30.3 Å². The molecule has 1 rings (SSSR count). The van der Waals surface area contributed by atoms with E-state index < -0.39 is 10.0 Å². The van der Waals surface area contributed by atoms with E-state index in [1.54, 1.807) is 0 Å². The van der Waals surface area contributed by atoms with Crippen LogP contribution < -0.4 is 10.0 Å². The van der Waals surface area contributed by atoms with Crippen LogP contribution in [-0.4, -0.2) is 33.3 Å². The second-order valence-electron chi connectivity index (χ2n) is 5.13. The first kappa shape index (κ1) is 17.1. The summed E-state index contributed by atoms with van der Waals surface area (Å²) in [5.74, 6) is 0.183. The molecule has 0 aliphatic rings. The van der Waals surface area contributed by atoms with Crippen LogP contribution >= 0.6 is 0 Å². The summed E-state index contributed by atoms with van der Waals surface area (Å²) in [6, 6.07) is 9.85. The van der Waals surface area contributed by atoms with Crippen molar-refractivity contribution >= 4 is 10.0 Å². The quantitative estimate of drug-likeness (QED) is 0.649. The molecule has 0 aliphatic carbocycles. The first-order chi connectivity index (χ1) is 9.53. The summed E-state index contributed by atoms with van der Waals surface area (Å²) in [7, 11) is -3.18.